The molecule has 0 fully saturated rings. The number of carbonyl (C=O) groups is 1. The lowest BCUT2D eigenvalue weighted by Gasteiger charge is -2.15. The van der Waals surface area contributed by atoms with Gasteiger partial charge in [-0.05, 0) is 11.2 Å². The van der Waals surface area contributed by atoms with Crippen LogP contribution in [0.5, 0.6) is 0 Å². The van der Waals surface area contributed by atoms with Gasteiger partial charge in [-0.15, -0.1) is 0 Å². The number of para-hydroxylation sites is 1. The second-order valence-electron chi connectivity index (χ2n) is 2.71. The lowest BCUT2D eigenvalue weighted by Crippen LogP contribution is -2.39. The highest BCUT2D eigenvalue weighted by molar-refractivity contribution is 5.94. The van der Waals surface area contributed by atoms with Gasteiger partial charge in [0.05, 0.1) is 5.56 Å². The maximum absolute atomic E-state index is 10.9. The highest BCUT2D eigenvalue weighted by atomic mass is 16.7. The molecule has 4 nitrogen and oxygen atoms in total. The number of amides is 1. The van der Waals surface area contributed by atoms with E-state index >= 15 is 0 Å². The van der Waals surface area contributed by atoms with Crippen molar-refractivity contribution in [2.45, 2.75) is 0 Å². The molecule has 0 aliphatic carbocycles. The summed E-state index contributed by atoms with van der Waals surface area (Å²) in [6.07, 6.45) is 2.29. The minimum atomic E-state index is -0.420. The molecular weight excluding hydrogens is 168 g/mol. The zero-order valence-corrected chi connectivity index (χ0v) is 7.18. The van der Waals surface area contributed by atoms with Gasteiger partial charge in [0.2, 0.25) is 5.69 Å². The van der Waals surface area contributed by atoms with Crippen molar-refractivity contribution in [3.05, 3.63) is 29.8 Å². The summed E-state index contributed by atoms with van der Waals surface area (Å²) in [5, 5.41) is 3.99. The van der Waals surface area contributed by atoms with E-state index in [9.17, 15) is 4.79 Å². The first-order valence-corrected chi connectivity index (χ1v) is 3.88. The summed E-state index contributed by atoms with van der Waals surface area (Å²) in [5.41, 5.74) is 1.66. The largest absolute Gasteiger partial charge is 0.366 e. The Hall–Kier alpha value is -1.52. The number of rotatable bonds is 2. The molecule has 1 aliphatic heterocycles. The fraction of sp³-hybridized carbons (Fsp3) is 0.111. The topological polar surface area (TPSA) is 38.7 Å². The number of hydroxylamine groups is 1. The van der Waals surface area contributed by atoms with Crippen LogP contribution in [0.2, 0.25) is 0 Å². The smallest absolute Gasteiger partial charge is 0.227 e. The number of benzene rings is 1. The van der Waals surface area contributed by atoms with Crippen molar-refractivity contribution in [2.75, 3.05) is 7.11 Å². The maximum atomic E-state index is 10.9. The van der Waals surface area contributed by atoms with Crippen LogP contribution in [0.1, 0.15) is 5.56 Å². The van der Waals surface area contributed by atoms with Crippen LogP contribution in [-0.2, 0) is 9.63 Å². The van der Waals surface area contributed by atoms with Crippen LogP contribution in [-0.4, -0.2) is 19.7 Å². The molecule has 0 aromatic heterocycles. The fourth-order valence-corrected chi connectivity index (χ4v) is 1.37. The third-order valence-electron chi connectivity index (χ3n) is 2.07. The number of carbonyl (C=O) groups excluding carboxylic acids is 1. The Morgan fingerprint density at radius 2 is 2.23 bits per heavy atom. The van der Waals surface area contributed by atoms with Crippen molar-refractivity contribution in [3.8, 4) is 0 Å². The number of hydrogen-bond donors (Lipinski definition) is 0. The minimum Gasteiger partial charge on any atom is -0.227 e. The van der Waals surface area contributed by atoms with Crippen molar-refractivity contribution in [1.82, 2.24) is 4.76 Å². The molecule has 0 saturated heterocycles. The highest BCUT2D eigenvalue weighted by Gasteiger charge is 2.38. The third-order valence-corrected chi connectivity index (χ3v) is 2.07. The predicted octanol–water partition coefficient (Wildman–Crippen LogP) is 1.06. The zero-order chi connectivity index (χ0) is 9.31. The minimum absolute atomic E-state index is 0.420. The Labute approximate surface area is 75.6 Å². The first-order chi connectivity index (χ1) is 6.32. The Morgan fingerprint density at radius 3 is 2.92 bits per heavy atom. The molecule has 0 radical (unpaired) electrons. The second-order valence-corrected chi connectivity index (χ2v) is 2.71. The molecule has 1 aromatic rings. The molecule has 0 saturated carbocycles. The predicted molar refractivity (Wildman–Crippen MR) is 48.9 cm³/mol. The van der Waals surface area contributed by atoms with Gasteiger partial charge in [-0.1, -0.05) is 12.1 Å². The lowest BCUT2D eigenvalue weighted by molar-refractivity contribution is -0.155. The van der Waals surface area contributed by atoms with Gasteiger partial charge in [-0.25, -0.2) is 4.79 Å². The first-order valence-electron chi connectivity index (χ1n) is 3.88. The van der Waals surface area contributed by atoms with Gasteiger partial charge in [-0.3, -0.25) is 0 Å². The van der Waals surface area contributed by atoms with Crippen LogP contribution in [0, 0.1) is 0 Å². The summed E-state index contributed by atoms with van der Waals surface area (Å²) in [6.45, 7) is 0. The van der Waals surface area contributed by atoms with Crippen molar-refractivity contribution < 1.29 is 9.63 Å². The van der Waals surface area contributed by atoms with Crippen LogP contribution in [0.25, 0.3) is 0 Å². The van der Waals surface area contributed by atoms with Crippen LogP contribution in [0.15, 0.2) is 29.4 Å². The van der Waals surface area contributed by atoms with Crippen molar-refractivity contribution in [3.63, 3.8) is 0 Å². The molecule has 0 unspecified atom stereocenters. The van der Waals surface area contributed by atoms with Gasteiger partial charge in [0, 0.05) is 10.8 Å². The van der Waals surface area contributed by atoms with Crippen molar-refractivity contribution >= 4 is 18.3 Å². The molecule has 1 amide bonds. The quantitative estimate of drug-likeness (QED) is 0.500. The molecule has 1 aromatic carbocycles. The van der Waals surface area contributed by atoms with E-state index in [1.165, 1.54) is 7.11 Å². The molecule has 13 heavy (non-hydrogen) atoms. The fourth-order valence-electron chi connectivity index (χ4n) is 1.37. The van der Waals surface area contributed by atoms with E-state index in [0.29, 0.717) is 6.41 Å². The highest BCUT2D eigenvalue weighted by Crippen LogP contribution is 2.30. The number of fused-ring (bicyclic) bond motifs is 1. The molecular formula is C9H9N2O2+. The normalized spacial score (nSPS) is 24.4. The lowest BCUT2D eigenvalue weighted by atomic mass is 10.2. The van der Waals surface area contributed by atoms with E-state index < -0.39 is 4.76 Å². The van der Waals surface area contributed by atoms with E-state index in [4.69, 9.17) is 4.84 Å². The van der Waals surface area contributed by atoms with E-state index in [0.717, 1.165) is 11.3 Å². The average Bonchev–Trinajstić information content (AvgIpc) is 2.58. The summed E-state index contributed by atoms with van der Waals surface area (Å²) < 4.78 is -0.420. The molecule has 2 rings (SSSR count). The summed E-state index contributed by atoms with van der Waals surface area (Å²) in [7, 11) is 1.45. The summed E-state index contributed by atoms with van der Waals surface area (Å²) >= 11 is 0. The van der Waals surface area contributed by atoms with E-state index in [2.05, 4.69) is 5.10 Å². The van der Waals surface area contributed by atoms with Gasteiger partial charge in [0.15, 0.2) is 0 Å². The molecule has 0 N–H and O–H groups in total. The van der Waals surface area contributed by atoms with Crippen molar-refractivity contribution in [2.24, 2.45) is 5.10 Å². The van der Waals surface area contributed by atoms with Crippen LogP contribution >= 0.6 is 0 Å². The van der Waals surface area contributed by atoms with Gasteiger partial charge in [-0.2, -0.15) is 4.84 Å². The monoisotopic (exact) mass is 177 g/mol. The Morgan fingerprint density at radius 1 is 1.46 bits per heavy atom. The van der Waals surface area contributed by atoms with Gasteiger partial charge in [0.1, 0.15) is 13.3 Å². The third kappa shape index (κ3) is 0.998. The number of nitrogens with zero attached hydrogens (tertiary/aromatic N) is 2. The molecule has 1 aliphatic rings. The second kappa shape index (κ2) is 2.76. The zero-order valence-electron chi connectivity index (χ0n) is 7.18. The Balaban J connectivity index is 2.59. The molecule has 4 heteroatoms. The van der Waals surface area contributed by atoms with E-state index in [1.54, 1.807) is 6.21 Å². The molecule has 1 heterocycles. The van der Waals surface area contributed by atoms with Crippen molar-refractivity contribution in [1.29, 1.82) is 0 Å². The van der Waals surface area contributed by atoms with Crippen LogP contribution in [0.3, 0.4) is 0 Å². The summed E-state index contributed by atoms with van der Waals surface area (Å²) in [5.74, 6) is 0. The molecule has 1 atom stereocenters. The SMILES string of the molecule is CO[N@@+]1(C=O)N=Cc2ccccc21. The average molecular weight is 177 g/mol. The molecule has 66 valence electrons. The van der Waals surface area contributed by atoms with Crippen LogP contribution < -0.4 is 4.76 Å². The van der Waals surface area contributed by atoms with Gasteiger partial charge >= 0.3 is 6.41 Å². The standard InChI is InChI=1S/C9H9N2O2/c1-13-11(7-12)9-5-3-2-4-8(9)6-10-11/h2-7H,1H3/q+1/t11-/m1/s1. The number of hydrogen-bond acceptors (Lipinski definition) is 3. The van der Waals surface area contributed by atoms with Gasteiger partial charge < -0.3 is 0 Å². The van der Waals surface area contributed by atoms with Gasteiger partial charge in [0.25, 0.3) is 0 Å². The number of quaternary nitrogens is 1. The van der Waals surface area contributed by atoms with E-state index in [-0.39, 0.29) is 0 Å². The van der Waals surface area contributed by atoms with Crippen LogP contribution in [0.4, 0.5) is 5.69 Å². The summed E-state index contributed by atoms with van der Waals surface area (Å²) in [6, 6.07) is 7.45. The Kier molecular flexibility index (Phi) is 1.72. The molecule has 0 bridgehead atoms. The maximum Gasteiger partial charge on any atom is 0.366 e. The first kappa shape index (κ1) is 8.10. The Bertz CT molecular complexity index is 376. The van der Waals surface area contributed by atoms with E-state index in [1.807, 2.05) is 24.3 Å². The molecule has 0 spiro atoms. The summed E-state index contributed by atoms with van der Waals surface area (Å²) in [4.78, 5) is 15.9.